The van der Waals surface area contributed by atoms with E-state index < -0.39 is 0 Å². The van der Waals surface area contributed by atoms with Crippen molar-refractivity contribution in [3.8, 4) is 18.1 Å². The van der Waals surface area contributed by atoms with Gasteiger partial charge in [-0.25, -0.2) is 4.98 Å². The van der Waals surface area contributed by atoms with E-state index in [1.807, 2.05) is 0 Å². The first-order valence-corrected chi connectivity index (χ1v) is 10.4. The molecule has 0 radical (unpaired) electrons. The highest BCUT2D eigenvalue weighted by Crippen LogP contribution is 2.45. The summed E-state index contributed by atoms with van der Waals surface area (Å²) < 4.78 is 0. The summed E-state index contributed by atoms with van der Waals surface area (Å²) in [7, 11) is 0. The largest absolute Gasteiger partial charge is 0.505 e. The van der Waals surface area contributed by atoms with E-state index in [0.29, 0.717) is 18.3 Å². The quantitative estimate of drug-likeness (QED) is 0.511. The molecule has 1 heterocycles. The van der Waals surface area contributed by atoms with Crippen LogP contribution in [0.25, 0.3) is 0 Å². The molecule has 3 aliphatic carbocycles. The molecule has 0 aromatic carbocycles. The Labute approximate surface area is 175 Å². The Morgan fingerprint density at radius 3 is 2.30 bits per heavy atom. The summed E-state index contributed by atoms with van der Waals surface area (Å²) in [4.78, 5) is 40.6. The Hall–Kier alpha value is -3.08. The number of amides is 3. The summed E-state index contributed by atoms with van der Waals surface area (Å²) in [6, 6.07) is 3.20. The minimum atomic E-state index is -0.356. The third kappa shape index (κ3) is 4.25. The number of aromatic nitrogens is 1. The van der Waals surface area contributed by atoms with Gasteiger partial charge < -0.3 is 21.1 Å². The number of nitrogens with zero attached hydrogens (tertiary/aromatic N) is 1. The first-order valence-electron chi connectivity index (χ1n) is 10.4. The van der Waals surface area contributed by atoms with E-state index in [4.69, 9.17) is 6.42 Å². The van der Waals surface area contributed by atoms with E-state index >= 15 is 0 Å². The Kier molecular flexibility index (Phi) is 5.62. The number of nitrogens with one attached hydrogen (secondary N) is 3. The number of hydrogen-bond acceptors (Lipinski definition) is 5. The van der Waals surface area contributed by atoms with E-state index in [2.05, 4.69) is 26.9 Å². The fourth-order valence-corrected chi connectivity index (χ4v) is 5.03. The molecule has 2 unspecified atom stereocenters. The Bertz CT molecular complexity index is 881. The fraction of sp³-hybridized carbons (Fsp3) is 0.545. The Balaban J connectivity index is 1.21. The molecule has 3 saturated carbocycles. The zero-order chi connectivity index (χ0) is 21.3. The monoisotopic (exact) mass is 410 g/mol. The maximum absolute atomic E-state index is 12.4. The van der Waals surface area contributed by atoms with Gasteiger partial charge in [0, 0.05) is 18.3 Å². The molecule has 3 aliphatic rings. The van der Waals surface area contributed by atoms with E-state index in [0.717, 1.165) is 25.7 Å². The normalized spacial score (nSPS) is 31.3. The van der Waals surface area contributed by atoms with Gasteiger partial charge in [0.25, 0.3) is 5.91 Å². The molecular weight excluding hydrogens is 384 g/mol. The van der Waals surface area contributed by atoms with Gasteiger partial charge in [-0.05, 0) is 56.1 Å². The molecular formula is C22H26N4O4. The van der Waals surface area contributed by atoms with Crippen LogP contribution in [0.3, 0.4) is 0 Å². The predicted octanol–water partition coefficient (Wildman–Crippen LogP) is 0.576. The van der Waals surface area contributed by atoms with Gasteiger partial charge in [-0.15, -0.1) is 6.42 Å². The van der Waals surface area contributed by atoms with Crippen LogP contribution >= 0.6 is 0 Å². The van der Waals surface area contributed by atoms with Crippen LogP contribution in [0.4, 0.5) is 0 Å². The van der Waals surface area contributed by atoms with Crippen molar-refractivity contribution >= 4 is 17.7 Å². The number of aromatic hydroxyl groups is 1. The van der Waals surface area contributed by atoms with Crippen LogP contribution in [0.1, 0.15) is 42.6 Å². The summed E-state index contributed by atoms with van der Waals surface area (Å²) in [5.41, 5.74) is 0.0463. The van der Waals surface area contributed by atoms with Gasteiger partial charge in [-0.2, -0.15) is 0 Å². The van der Waals surface area contributed by atoms with Gasteiger partial charge in [-0.3, -0.25) is 14.4 Å². The maximum atomic E-state index is 12.4. The van der Waals surface area contributed by atoms with E-state index in [1.54, 1.807) is 6.07 Å². The Morgan fingerprint density at radius 2 is 1.67 bits per heavy atom. The van der Waals surface area contributed by atoms with Crippen LogP contribution in [0.2, 0.25) is 0 Å². The molecule has 8 heteroatoms. The average molecular weight is 410 g/mol. The molecule has 4 N–H and O–H groups in total. The standard InChI is InChI=1S/C22H26N4O4/c1-2-5-24-20(28)16-11-17(16)21(29)25-14-7-12-9-15(10-13(12)8-14)26-22(30)19-18(27)4-3-6-23-19/h1,3-4,6,12-17,27H,5,7-11H2,(H,24,28)(H,25,29)(H,26,30)/t12-,13+,14?,15?,16-,17+/m0/s1. The van der Waals surface area contributed by atoms with Gasteiger partial charge >= 0.3 is 0 Å². The molecule has 0 aliphatic heterocycles. The summed E-state index contributed by atoms with van der Waals surface area (Å²) in [5.74, 6) is 2.08. The van der Waals surface area contributed by atoms with E-state index in [9.17, 15) is 19.5 Å². The second kappa shape index (κ2) is 8.34. The van der Waals surface area contributed by atoms with Crippen molar-refractivity contribution in [2.45, 2.75) is 44.2 Å². The van der Waals surface area contributed by atoms with Crippen molar-refractivity contribution in [2.24, 2.45) is 23.7 Å². The summed E-state index contributed by atoms with van der Waals surface area (Å²) in [5, 5.41) is 18.5. The number of rotatable bonds is 6. The summed E-state index contributed by atoms with van der Waals surface area (Å²) >= 11 is 0. The first-order chi connectivity index (χ1) is 14.5. The lowest BCUT2D eigenvalue weighted by Gasteiger charge is -2.17. The van der Waals surface area contributed by atoms with Crippen molar-refractivity contribution in [3.63, 3.8) is 0 Å². The molecule has 3 fully saturated rings. The molecule has 6 atom stereocenters. The van der Waals surface area contributed by atoms with Gasteiger partial charge in [0.2, 0.25) is 11.8 Å². The average Bonchev–Trinajstić information content (AvgIpc) is 3.33. The van der Waals surface area contributed by atoms with Crippen LogP contribution in [0.15, 0.2) is 18.3 Å². The number of carbonyl (C=O) groups is 3. The third-order valence-electron chi connectivity index (χ3n) is 6.53. The zero-order valence-electron chi connectivity index (χ0n) is 16.6. The number of pyridine rings is 1. The fourth-order valence-electron chi connectivity index (χ4n) is 5.03. The Morgan fingerprint density at radius 1 is 1.03 bits per heavy atom. The predicted molar refractivity (Wildman–Crippen MR) is 108 cm³/mol. The van der Waals surface area contributed by atoms with Gasteiger partial charge in [-0.1, -0.05) is 5.92 Å². The lowest BCUT2D eigenvalue weighted by molar-refractivity contribution is -0.127. The maximum Gasteiger partial charge on any atom is 0.273 e. The number of terminal acetylenes is 1. The molecule has 0 saturated heterocycles. The van der Waals surface area contributed by atoms with Crippen molar-refractivity contribution < 1.29 is 19.5 Å². The summed E-state index contributed by atoms with van der Waals surface area (Å²) in [6.07, 6.45) is 10.7. The molecule has 0 spiro atoms. The SMILES string of the molecule is C#CCNC(=O)[C@H]1C[C@H]1C(=O)NC1C[C@H]2CC(NC(=O)c3ncccc3O)C[C@H]2C1. The molecule has 158 valence electrons. The van der Waals surface area contributed by atoms with Crippen LogP contribution in [0, 0.1) is 36.0 Å². The minimum absolute atomic E-state index is 0.0451. The van der Waals surface area contributed by atoms with Gasteiger partial charge in [0.05, 0.1) is 18.4 Å². The van der Waals surface area contributed by atoms with Crippen LogP contribution in [-0.2, 0) is 9.59 Å². The second-order valence-corrected chi connectivity index (χ2v) is 8.58. The molecule has 1 aromatic heterocycles. The molecule has 1 aromatic rings. The third-order valence-corrected chi connectivity index (χ3v) is 6.53. The smallest absolute Gasteiger partial charge is 0.273 e. The minimum Gasteiger partial charge on any atom is -0.505 e. The van der Waals surface area contributed by atoms with Gasteiger partial charge in [0.1, 0.15) is 5.75 Å². The van der Waals surface area contributed by atoms with Crippen molar-refractivity contribution in [3.05, 3.63) is 24.0 Å². The van der Waals surface area contributed by atoms with Crippen molar-refractivity contribution in [1.29, 1.82) is 0 Å². The number of fused-ring (bicyclic) bond motifs is 1. The lowest BCUT2D eigenvalue weighted by Crippen LogP contribution is -2.37. The van der Waals surface area contributed by atoms with Gasteiger partial charge in [0.15, 0.2) is 5.69 Å². The van der Waals surface area contributed by atoms with E-state index in [-0.39, 0.29) is 59.6 Å². The zero-order valence-corrected chi connectivity index (χ0v) is 16.6. The molecule has 3 amide bonds. The molecule has 0 bridgehead atoms. The highest BCUT2D eigenvalue weighted by molar-refractivity contribution is 5.95. The molecule has 8 nitrogen and oxygen atoms in total. The van der Waals surface area contributed by atoms with E-state index in [1.165, 1.54) is 12.3 Å². The first kappa shape index (κ1) is 20.2. The summed E-state index contributed by atoms with van der Waals surface area (Å²) in [6.45, 7) is 0.188. The highest BCUT2D eigenvalue weighted by atomic mass is 16.3. The van der Waals surface area contributed by atoms with Crippen LogP contribution in [-0.4, -0.2) is 46.4 Å². The van der Waals surface area contributed by atoms with Crippen LogP contribution in [0.5, 0.6) is 5.75 Å². The second-order valence-electron chi connectivity index (χ2n) is 8.58. The number of hydrogen-bond donors (Lipinski definition) is 4. The molecule has 30 heavy (non-hydrogen) atoms. The highest BCUT2D eigenvalue weighted by Gasteiger charge is 2.49. The van der Waals surface area contributed by atoms with Crippen molar-refractivity contribution in [1.82, 2.24) is 20.9 Å². The molecule has 4 rings (SSSR count). The van der Waals surface area contributed by atoms with Crippen LogP contribution < -0.4 is 16.0 Å². The lowest BCUT2D eigenvalue weighted by atomic mass is 10.0. The van der Waals surface area contributed by atoms with Crippen molar-refractivity contribution in [2.75, 3.05) is 6.54 Å². The number of carbonyl (C=O) groups excluding carboxylic acids is 3. The topological polar surface area (TPSA) is 120 Å².